The maximum Gasteiger partial charge on any atom is 0.293 e. The van der Waals surface area contributed by atoms with Gasteiger partial charge in [0.25, 0.3) is 11.6 Å². The molecule has 2 aromatic rings. The number of anilines is 2. The SMILES string of the molecule is O=C(c1ccc(N2CCCC2)c([N+](=O)[O-])c1)N1CCN(c2nccs2)CC1. The second-order valence-corrected chi connectivity index (χ2v) is 7.62. The first-order valence-electron chi connectivity index (χ1n) is 9.10. The topological polar surface area (TPSA) is 82.8 Å². The Morgan fingerprint density at radius 3 is 2.44 bits per heavy atom. The number of aromatic nitrogens is 1. The molecule has 1 aromatic heterocycles. The number of nitrogens with zero attached hydrogens (tertiary/aromatic N) is 5. The highest BCUT2D eigenvalue weighted by molar-refractivity contribution is 7.13. The highest BCUT2D eigenvalue weighted by atomic mass is 32.1. The van der Waals surface area contributed by atoms with E-state index in [-0.39, 0.29) is 16.5 Å². The number of hydrogen-bond donors (Lipinski definition) is 0. The van der Waals surface area contributed by atoms with Crippen molar-refractivity contribution in [1.29, 1.82) is 0 Å². The van der Waals surface area contributed by atoms with Gasteiger partial charge in [0.1, 0.15) is 5.69 Å². The zero-order valence-corrected chi connectivity index (χ0v) is 15.7. The average molecular weight is 387 g/mol. The summed E-state index contributed by atoms with van der Waals surface area (Å²) in [4.78, 5) is 34.3. The Balaban J connectivity index is 1.49. The first-order chi connectivity index (χ1) is 13.1. The number of hydrogen-bond acceptors (Lipinski definition) is 7. The van der Waals surface area contributed by atoms with Gasteiger partial charge < -0.3 is 14.7 Å². The van der Waals surface area contributed by atoms with Gasteiger partial charge in [-0.1, -0.05) is 0 Å². The van der Waals surface area contributed by atoms with Crippen LogP contribution in [0.3, 0.4) is 0 Å². The van der Waals surface area contributed by atoms with Crippen molar-refractivity contribution < 1.29 is 9.72 Å². The first kappa shape index (κ1) is 17.7. The first-order valence-corrected chi connectivity index (χ1v) is 9.98. The van der Waals surface area contributed by atoms with E-state index in [1.807, 2.05) is 10.3 Å². The van der Waals surface area contributed by atoms with E-state index >= 15 is 0 Å². The second kappa shape index (κ2) is 7.51. The highest BCUT2D eigenvalue weighted by Crippen LogP contribution is 2.32. The second-order valence-electron chi connectivity index (χ2n) is 6.75. The van der Waals surface area contributed by atoms with Crippen molar-refractivity contribution >= 4 is 33.8 Å². The van der Waals surface area contributed by atoms with Crippen molar-refractivity contribution in [3.8, 4) is 0 Å². The minimum Gasteiger partial charge on any atom is -0.366 e. The summed E-state index contributed by atoms with van der Waals surface area (Å²) in [6, 6.07) is 4.88. The van der Waals surface area contributed by atoms with E-state index < -0.39 is 0 Å². The monoisotopic (exact) mass is 387 g/mol. The Hall–Kier alpha value is -2.68. The summed E-state index contributed by atoms with van der Waals surface area (Å²) >= 11 is 1.59. The fraction of sp³-hybridized carbons (Fsp3) is 0.444. The number of amides is 1. The fourth-order valence-corrected chi connectivity index (χ4v) is 4.38. The van der Waals surface area contributed by atoms with Gasteiger partial charge in [-0.3, -0.25) is 14.9 Å². The molecule has 1 amide bonds. The lowest BCUT2D eigenvalue weighted by Crippen LogP contribution is -2.48. The van der Waals surface area contributed by atoms with Gasteiger partial charge in [-0.05, 0) is 25.0 Å². The normalized spacial score (nSPS) is 17.4. The molecule has 0 radical (unpaired) electrons. The third-order valence-electron chi connectivity index (χ3n) is 5.12. The summed E-state index contributed by atoms with van der Waals surface area (Å²) in [5.41, 5.74) is 1.01. The Morgan fingerprint density at radius 2 is 1.81 bits per heavy atom. The fourth-order valence-electron chi connectivity index (χ4n) is 3.68. The molecule has 0 unspecified atom stereocenters. The van der Waals surface area contributed by atoms with E-state index in [0.29, 0.717) is 37.4 Å². The van der Waals surface area contributed by atoms with Gasteiger partial charge >= 0.3 is 0 Å². The van der Waals surface area contributed by atoms with Gasteiger partial charge in [0.2, 0.25) is 0 Å². The Morgan fingerprint density at radius 1 is 1.07 bits per heavy atom. The molecule has 0 saturated carbocycles. The number of carbonyl (C=O) groups excluding carboxylic acids is 1. The smallest absolute Gasteiger partial charge is 0.293 e. The number of carbonyl (C=O) groups is 1. The molecule has 2 aliphatic heterocycles. The zero-order valence-electron chi connectivity index (χ0n) is 14.9. The highest BCUT2D eigenvalue weighted by Gasteiger charge is 2.27. The largest absolute Gasteiger partial charge is 0.366 e. The summed E-state index contributed by atoms with van der Waals surface area (Å²) < 4.78 is 0. The van der Waals surface area contributed by atoms with E-state index in [1.54, 1.807) is 34.6 Å². The Labute approximate surface area is 161 Å². The van der Waals surface area contributed by atoms with E-state index in [1.165, 1.54) is 6.07 Å². The quantitative estimate of drug-likeness (QED) is 0.592. The van der Waals surface area contributed by atoms with Crippen LogP contribution in [0.1, 0.15) is 23.2 Å². The number of benzene rings is 1. The maximum absolute atomic E-state index is 12.9. The molecule has 0 bridgehead atoms. The summed E-state index contributed by atoms with van der Waals surface area (Å²) in [5, 5.41) is 14.4. The number of piperazine rings is 1. The van der Waals surface area contributed by atoms with Crippen molar-refractivity contribution in [2.75, 3.05) is 49.1 Å². The molecule has 0 atom stereocenters. The summed E-state index contributed by atoms with van der Waals surface area (Å²) in [5.74, 6) is -0.148. The maximum atomic E-state index is 12.9. The van der Waals surface area contributed by atoms with E-state index in [4.69, 9.17) is 0 Å². The van der Waals surface area contributed by atoms with Gasteiger partial charge in [-0.2, -0.15) is 0 Å². The molecule has 0 N–H and O–H groups in total. The van der Waals surface area contributed by atoms with Gasteiger partial charge in [0.15, 0.2) is 5.13 Å². The van der Waals surface area contributed by atoms with Crippen molar-refractivity contribution in [3.63, 3.8) is 0 Å². The van der Waals surface area contributed by atoms with Crippen LogP contribution in [0, 0.1) is 10.1 Å². The minimum atomic E-state index is -0.384. The van der Waals surface area contributed by atoms with Crippen molar-refractivity contribution in [2.45, 2.75) is 12.8 Å². The molecular weight excluding hydrogens is 366 g/mol. The predicted octanol–water partition coefficient (Wildman–Crippen LogP) is 2.61. The van der Waals surface area contributed by atoms with Crippen LogP contribution >= 0.6 is 11.3 Å². The molecular formula is C18H21N5O3S. The molecule has 9 heteroatoms. The van der Waals surface area contributed by atoms with Crippen LogP contribution in [0.2, 0.25) is 0 Å². The Bertz CT molecular complexity index is 828. The lowest BCUT2D eigenvalue weighted by molar-refractivity contribution is -0.384. The predicted molar refractivity (Wildman–Crippen MR) is 105 cm³/mol. The molecule has 2 saturated heterocycles. The molecule has 3 heterocycles. The molecule has 2 fully saturated rings. The van der Waals surface area contributed by atoms with Gasteiger partial charge in [-0.15, -0.1) is 11.3 Å². The molecule has 142 valence electrons. The summed E-state index contributed by atoms with van der Waals surface area (Å²) in [7, 11) is 0. The molecule has 27 heavy (non-hydrogen) atoms. The molecule has 0 spiro atoms. The number of nitro groups is 1. The molecule has 2 aliphatic rings. The molecule has 0 aliphatic carbocycles. The van der Waals surface area contributed by atoms with Crippen LogP contribution in [-0.4, -0.2) is 60.0 Å². The van der Waals surface area contributed by atoms with Crippen LogP contribution in [0.4, 0.5) is 16.5 Å². The lowest BCUT2D eigenvalue weighted by atomic mass is 10.1. The summed E-state index contributed by atoms with van der Waals surface area (Å²) in [6.07, 6.45) is 3.86. The van der Waals surface area contributed by atoms with Crippen LogP contribution in [0.25, 0.3) is 0 Å². The standard InChI is InChI=1S/C18H21N5O3S/c24-17(21-8-10-22(11-9-21)18-19-5-12-27-18)14-3-4-15(16(13-14)23(25)26)20-6-1-2-7-20/h3-5,12-13H,1-2,6-11H2. The van der Waals surface area contributed by atoms with Crippen molar-refractivity contribution in [3.05, 3.63) is 45.5 Å². The van der Waals surface area contributed by atoms with Gasteiger partial charge in [-0.25, -0.2) is 4.98 Å². The molecule has 4 rings (SSSR count). The number of thiazole rings is 1. The van der Waals surface area contributed by atoms with E-state index in [2.05, 4.69) is 9.88 Å². The number of rotatable bonds is 4. The van der Waals surface area contributed by atoms with Crippen LogP contribution in [0.5, 0.6) is 0 Å². The van der Waals surface area contributed by atoms with Gasteiger partial charge in [0, 0.05) is 62.5 Å². The zero-order chi connectivity index (χ0) is 18.8. The average Bonchev–Trinajstić information content (AvgIpc) is 3.41. The van der Waals surface area contributed by atoms with Crippen molar-refractivity contribution in [2.24, 2.45) is 0 Å². The lowest BCUT2D eigenvalue weighted by Gasteiger charge is -2.34. The third kappa shape index (κ3) is 3.59. The molecule has 1 aromatic carbocycles. The van der Waals surface area contributed by atoms with Gasteiger partial charge in [0.05, 0.1) is 4.92 Å². The van der Waals surface area contributed by atoms with E-state index in [0.717, 1.165) is 31.1 Å². The number of nitro benzene ring substituents is 1. The van der Waals surface area contributed by atoms with E-state index in [9.17, 15) is 14.9 Å². The Kier molecular flexibility index (Phi) is 4.93. The molecule has 8 nitrogen and oxygen atoms in total. The van der Waals surface area contributed by atoms with Crippen LogP contribution in [0.15, 0.2) is 29.8 Å². The van der Waals surface area contributed by atoms with Crippen LogP contribution in [-0.2, 0) is 0 Å². The summed E-state index contributed by atoms with van der Waals surface area (Å²) in [6.45, 7) is 4.25. The minimum absolute atomic E-state index is 0.0178. The third-order valence-corrected chi connectivity index (χ3v) is 5.95. The van der Waals surface area contributed by atoms with Crippen LogP contribution < -0.4 is 9.80 Å². The van der Waals surface area contributed by atoms with Crippen molar-refractivity contribution in [1.82, 2.24) is 9.88 Å².